The van der Waals surface area contributed by atoms with Gasteiger partial charge in [0.2, 0.25) is 16.6 Å². The highest BCUT2D eigenvalue weighted by molar-refractivity contribution is 5.96. The van der Waals surface area contributed by atoms with Crippen LogP contribution in [0.15, 0.2) is 144 Å². The SMILES string of the molecule is CC(C)n1cc(-c2ccc(F)cc2)c(=O)c(C(=O)O)n1.COc1cc2nccc(Oc3ncc(CC(=O)c4nn(C(C)C)cc(-c5ccc(F)cc5)c4=O)cn3)c2cc1OC.COc1cc2nccc(Oc3ncc(N)cn3)c2cc1OC. The Hall–Kier alpha value is -10.8. The first kappa shape index (κ1) is 58.4. The van der Waals surface area contributed by atoms with Crippen LogP contribution in [0.3, 0.4) is 0 Å². The lowest BCUT2D eigenvalue weighted by Gasteiger charge is -2.13. The van der Waals surface area contributed by atoms with Crippen LogP contribution < -0.4 is 45.0 Å². The number of benzene rings is 4. The molecule has 424 valence electrons. The quantitative estimate of drug-likeness (QED) is 0.0851. The summed E-state index contributed by atoms with van der Waals surface area (Å²) in [5.41, 5.74) is 7.27. The fourth-order valence-corrected chi connectivity index (χ4v) is 7.94. The maximum atomic E-state index is 13.5. The first-order chi connectivity index (χ1) is 39.9. The second-order valence-corrected chi connectivity index (χ2v) is 18.5. The Labute approximate surface area is 471 Å². The van der Waals surface area contributed by atoms with Crippen LogP contribution in [0.25, 0.3) is 44.1 Å². The molecule has 22 nitrogen and oxygen atoms in total. The number of aromatic carboxylic acids is 1. The van der Waals surface area contributed by atoms with E-state index in [2.05, 4.69) is 40.1 Å². The minimum absolute atomic E-state index is 0.0575. The first-order valence-electron chi connectivity index (χ1n) is 25.2. The van der Waals surface area contributed by atoms with Gasteiger partial charge < -0.3 is 39.3 Å². The second kappa shape index (κ2) is 26.0. The van der Waals surface area contributed by atoms with E-state index in [0.717, 1.165) is 5.39 Å². The van der Waals surface area contributed by atoms with Crippen molar-refractivity contribution in [3.63, 3.8) is 0 Å². The van der Waals surface area contributed by atoms with Gasteiger partial charge in [0.15, 0.2) is 34.5 Å². The van der Waals surface area contributed by atoms with E-state index in [0.29, 0.717) is 73.3 Å². The molecule has 6 aromatic heterocycles. The number of halogens is 2. The summed E-state index contributed by atoms with van der Waals surface area (Å²) >= 11 is 0. The van der Waals surface area contributed by atoms with Gasteiger partial charge in [-0.2, -0.15) is 10.2 Å². The molecular formula is C59H53F2N11O11. The van der Waals surface area contributed by atoms with Crippen molar-refractivity contribution in [3.05, 3.63) is 184 Å². The third-order valence-electron chi connectivity index (χ3n) is 12.2. The van der Waals surface area contributed by atoms with Crippen LogP contribution in [-0.4, -0.2) is 94.8 Å². The number of anilines is 1. The van der Waals surface area contributed by atoms with E-state index in [4.69, 9.17) is 39.3 Å². The van der Waals surface area contributed by atoms with Crippen LogP contribution in [0.2, 0.25) is 0 Å². The Balaban J connectivity index is 0.000000180. The molecule has 6 heterocycles. The minimum atomic E-state index is -1.38. The number of fused-ring (bicyclic) bond motifs is 2. The van der Waals surface area contributed by atoms with Crippen molar-refractivity contribution in [2.75, 3.05) is 34.2 Å². The molecule has 0 aliphatic rings. The molecule has 10 rings (SSSR count). The number of nitrogens with zero attached hydrogens (tertiary/aromatic N) is 10. The highest BCUT2D eigenvalue weighted by atomic mass is 19.1. The number of carbonyl (C=O) groups is 2. The van der Waals surface area contributed by atoms with Crippen molar-refractivity contribution in [1.82, 2.24) is 49.5 Å². The summed E-state index contributed by atoms with van der Waals surface area (Å²) in [5, 5.41) is 18.6. The molecule has 0 spiro atoms. The van der Waals surface area contributed by atoms with Gasteiger partial charge in [0.05, 0.1) is 57.6 Å². The van der Waals surface area contributed by atoms with Gasteiger partial charge in [-0.3, -0.25) is 33.7 Å². The number of methoxy groups -OCH3 is 4. The minimum Gasteiger partial charge on any atom is -0.493 e. The molecule has 4 aromatic carbocycles. The van der Waals surface area contributed by atoms with E-state index in [-0.39, 0.29) is 47.3 Å². The van der Waals surface area contributed by atoms with Gasteiger partial charge in [0.25, 0.3) is 0 Å². The number of rotatable bonds is 16. The van der Waals surface area contributed by atoms with E-state index in [1.54, 1.807) is 81.0 Å². The number of aromatic nitrogens is 10. The number of carboxylic acids is 1. The highest BCUT2D eigenvalue weighted by Crippen LogP contribution is 2.38. The topological polar surface area (TPSA) is 283 Å². The Bertz CT molecular complexity index is 4090. The van der Waals surface area contributed by atoms with E-state index in [9.17, 15) is 28.0 Å². The summed E-state index contributed by atoms with van der Waals surface area (Å²) in [6.07, 6.45) is 12.0. The average Bonchev–Trinajstić information content (AvgIpc) is 3.68. The molecule has 0 radical (unpaired) electrons. The second-order valence-electron chi connectivity index (χ2n) is 18.5. The zero-order valence-electron chi connectivity index (χ0n) is 45.9. The number of nitrogens with two attached hydrogens (primary N) is 1. The van der Waals surface area contributed by atoms with Crippen LogP contribution in [0, 0.1) is 11.6 Å². The molecule has 0 saturated carbocycles. The zero-order chi connectivity index (χ0) is 59.5. The van der Waals surface area contributed by atoms with E-state index in [1.165, 1.54) is 91.3 Å². The van der Waals surface area contributed by atoms with E-state index >= 15 is 0 Å². The maximum Gasteiger partial charge on any atom is 0.360 e. The van der Waals surface area contributed by atoms with Crippen LogP contribution >= 0.6 is 0 Å². The number of nitrogen functional groups attached to an aromatic ring is 1. The summed E-state index contributed by atoms with van der Waals surface area (Å²) in [7, 11) is 6.23. The lowest BCUT2D eigenvalue weighted by atomic mass is 10.0. The molecule has 24 heteroatoms. The number of carboxylic acid groups (broad SMARTS) is 1. The van der Waals surface area contributed by atoms with E-state index < -0.39 is 39.9 Å². The lowest BCUT2D eigenvalue weighted by molar-refractivity contribution is 0.0685. The molecule has 10 aromatic rings. The Morgan fingerprint density at radius 2 is 0.928 bits per heavy atom. The zero-order valence-corrected chi connectivity index (χ0v) is 45.9. The van der Waals surface area contributed by atoms with Gasteiger partial charge in [0, 0.05) is 89.7 Å². The Morgan fingerprint density at radius 1 is 0.542 bits per heavy atom. The molecule has 0 atom stereocenters. The van der Waals surface area contributed by atoms with Crippen LogP contribution in [0.5, 0.6) is 46.5 Å². The highest BCUT2D eigenvalue weighted by Gasteiger charge is 2.22. The number of hydrogen-bond donors (Lipinski definition) is 2. The summed E-state index contributed by atoms with van der Waals surface area (Å²) in [6.45, 7) is 7.39. The van der Waals surface area contributed by atoms with Crippen molar-refractivity contribution in [3.8, 4) is 68.8 Å². The van der Waals surface area contributed by atoms with Crippen LogP contribution in [0.4, 0.5) is 14.5 Å². The summed E-state index contributed by atoms with van der Waals surface area (Å²) in [6, 6.07) is 21.3. The van der Waals surface area contributed by atoms with Gasteiger partial charge in [-0.1, -0.05) is 24.3 Å². The molecule has 0 amide bonds. The first-order valence-corrected chi connectivity index (χ1v) is 25.2. The van der Waals surface area contributed by atoms with Gasteiger partial charge in [-0.05, 0) is 92.9 Å². The fraction of sp³-hybridized carbons (Fsp3) is 0.186. The monoisotopic (exact) mass is 1130 g/mol. The molecule has 0 bridgehead atoms. The predicted molar refractivity (Wildman–Crippen MR) is 302 cm³/mol. The summed E-state index contributed by atoms with van der Waals surface area (Å²) in [5.74, 6) is 0.536. The maximum absolute atomic E-state index is 13.5. The third-order valence-corrected chi connectivity index (χ3v) is 12.2. The van der Waals surface area contributed by atoms with Crippen LogP contribution in [0.1, 0.15) is 66.3 Å². The molecule has 83 heavy (non-hydrogen) atoms. The molecule has 0 fully saturated rings. The Kier molecular flexibility index (Phi) is 18.3. The summed E-state index contributed by atoms with van der Waals surface area (Å²) < 4.78 is 62.3. The smallest absolute Gasteiger partial charge is 0.360 e. The number of ketones is 1. The van der Waals surface area contributed by atoms with Gasteiger partial charge in [0.1, 0.15) is 23.1 Å². The number of hydrogen-bond acceptors (Lipinski definition) is 19. The lowest BCUT2D eigenvalue weighted by Crippen LogP contribution is -2.25. The third kappa shape index (κ3) is 13.8. The molecule has 0 aliphatic heterocycles. The molecule has 0 aliphatic carbocycles. The molecule has 0 saturated heterocycles. The van der Waals surface area contributed by atoms with Crippen molar-refractivity contribution in [1.29, 1.82) is 0 Å². The standard InChI is InChI=1S/C30H26FN5O5.C15H14N4O3.C14H13FN2O3/c1-17(2)36-16-22(19-5-7-20(31)8-6-19)29(38)28(35-36)24(37)11-18-14-33-30(34-15-18)41-25-9-10-32-23-13-27(40-4)26(39-3)12-21(23)25;1-20-13-5-10-11(6-14(13)21-2)17-4-3-12(10)22-15-18-7-9(16)8-19-15;1-8(2)17-7-11(9-3-5-10(15)6-4-9)13(18)12(16-17)14(19)20/h5-10,12-17H,11H2,1-4H3;3-8H,16H2,1-2H3;3-8H,1-2H3,(H,19,20). The Morgan fingerprint density at radius 3 is 1.33 bits per heavy atom. The van der Waals surface area contributed by atoms with Gasteiger partial charge in [-0.25, -0.2) is 33.5 Å². The fourth-order valence-electron chi connectivity index (χ4n) is 7.94. The normalized spacial score (nSPS) is 10.8. The predicted octanol–water partition coefficient (Wildman–Crippen LogP) is 9.95. The average molecular weight is 1130 g/mol. The molecule has 0 unspecified atom stereocenters. The number of Topliss-reactive ketones (excluding diaryl/α,β-unsaturated/α-hetero) is 1. The molecule has 3 N–H and O–H groups in total. The summed E-state index contributed by atoms with van der Waals surface area (Å²) in [4.78, 5) is 74.9. The largest absolute Gasteiger partial charge is 0.493 e. The van der Waals surface area contributed by atoms with Crippen molar-refractivity contribution >= 4 is 39.2 Å². The van der Waals surface area contributed by atoms with Crippen LogP contribution in [-0.2, 0) is 6.42 Å². The van der Waals surface area contributed by atoms with E-state index in [1.807, 2.05) is 27.7 Å². The van der Waals surface area contributed by atoms with Crippen molar-refractivity contribution in [2.24, 2.45) is 0 Å². The van der Waals surface area contributed by atoms with Crippen molar-refractivity contribution < 1.29 is 51.9 Å². The van der Waals surface area contributed by atoms with Gasteiger partial charge in [-0.15, -0.1) is 0 Å². The number of carbonyl (C=O) groups excluding carboxylic acids is 1. The van der Waals surface area contributed by atoms with Crippen molar-refractivity contribution in [2.45, 2.75) is 46.2 Å². The molecular weight excluding hydrogens is 1080 g/mol. The number of pyridine rings is 2. The number of ether oxygens (including phenoxy) is 6. The van der Waals surface area contributed by atoms with Gasteiger partial charge >= 0.3 is 18.0 Å².